The number of ether oxygens (including phenoxy) is 1. The summed E-state index contributed by atoms with van der Waals surface area (Å²) in [5.74, 6) is 0.345. The van der Waals surface area contributed by atoms with E-state index in [0.717, 1.165) is 24.0 Å². The SMILES string of the molecule is CCCCOc1ccc(C(=O)NC(=S)Nc2ccc(S(=O)(=O)Nc3ccc(C)c(C)c3)cc2)cc1. The molecule has 184 valence electrons. The van der Waals surface area contributed by atoms with E-state index in [0.29, 0.717) is 29.3 Å². The van der Waals surface area contributed by atoms with Gasteiger partial charge in [-0.2, -0.15) is 0 Å². The molecule has 9 heteroatoms. The van der Waals surface area contributed by atoms with Gasteiger partial charge in [0.05, 0.1) is 11.5 Å². The summed E-state index contributed by atoms with van der Waals surface area (Å²) in [6, 6.07) is 18.3. The summed E-state index contributed by atoms with van der Waals surface area (Å²) in [7, 11) is -3.75. The lowest BCUT2D eigenvalue weighted by Gasteiger charge is -2.12. The lowest BCUT2D eigenvalue weighted by Crippen LogP contribution is -2.34. The van der Waals surface area contributed by atoms with Crippen LogP contribution in [0.15, 0.2) is 71.6 Å². The fourth-order valence-electron chi connectivity index (χ4n) is 3.11. The van der Waals surface area contributed by atoms with Crippen molar-refractivity contribution in [2.45, 2.75) is 38.5 Å². The number of anilines is 2. The molecule has 0 saturated heterocycles. The average Bonchev–Trinajstić information content (AvgIpc) is 2.82. The Labute approximate surface area is 212 Å². The summed E-state index contributed by atoms with van der Waals surface area (Å²) < 4.78 is 33.6. The summed E-state index contributed by atoms with van der Waals surface area (Å²) in [5.41, 5.74) is 3.56. The highest BCUT2D eigenvalue weighted by Crippen LogP contribution is 2.20. The molecule has 3 rings (SSSR count). The van der Waals surface area contributed by atoms with E-state index in [4.69, 9.17) is 17.0 Å². The van der Waals surface area contributed by atoms with Gasteiger partial charge in [0.1, 0.15) is 5.75 Å². The van der Waals surface area contributed by atoms with Gasteiger partial charge in [0.15, 0.2) is 5.11 Å². The minimum absolute atomic E-state index is 0.0992. The van der Waals surface area contributed by atoms with Crippen LogP contribution in [0.25, 0.3) is 0 Å². The molecule has 0 saturated carbocycles. The first kappa shape index (κ1) is 26.2. The molecule has 0 aromatic heterocycles. The summed E-state index contributed by atoms with van der Waals surface area (Å²) in [6.45, 7) is 6.62. The van der Waals surface area contributed by atoms with Crippen LogP contribution in [0.1, 0.15) is 41.3 Å². The Balaban J connectivity index is 1.56. The number of benzene rings is 3. The van der Waals surface area contributed by atoms with Gasteiger partial charge in [-0.15, -0.1) is 0 Å². The van der Waals surface area contributed by atoms with Crippen LogP contribution >= 0.6 is 12.2 Å². The Morgan fingerprint density at radius 3 is 2.20 bits per heavy atom. The van der Waals surface area contributed by atoms with Crippen molar-refractivity contribution in [1.29, 1.82) is 0 Å². The summed E-state index contributed by atoms with van der Waals surface area (Å²) >= 11 is 5.23. The van der Waals surface area contributed by atoms with Crippen molar-refractivity contribution in [3.63, 3.8) is 0 Å². The van der Waals surface area contributed by atoms with Gasteiger partial charge in [0.2, 0.25) is 0 Å². The van der Waals surface area contributed by atoms with E-state index in [-0.39, 0.29) is 15.9 Å². The molecule has 3 aromatic rings. The van der Waals surface area contributed by atoms with E-state index in [9.17, 15) is 13.2 Å². The molecular formula is C26H29N3O4S2. The van der Waals surface area contributed by atoms with Crippen molar-refractivity contribution in [2.24, 2.45) is 0 Å². The summed E-state index contributed by atoms with van der Waals surface area (Å²) in [4.78, 5) is 12.6. The highest BCUT2D eigenvalue weighted by molar-refractivity contribution is 7.92. The van der Waals surface area contributed by atoms with Gasteiger partial charge in [0, 0.05) is 16.9 Å². The molecule has 35 heavy (non-hydrogen) atoms. The molecule has 0 aliphatic rings. The van der Waals surface area contributed by atoms with Gasteiger partial charge in [-0.1, -0.05) is 19.4 Å². The number of carbonyl (C=O) groups excluding carboxylic acids is 1. The Kier molecular flexibility index (Phi) is 8.84. The molecule has 0 radical (unpaired) electrons. The van der Waals surface area contributed by atoms with Crippen LogP contribution in [0, 0.1) is 13.8 Å². The minimum Gasteiger partial charge on any atom is -0.494 e. The van der Waals surface area contributed by atoms with E-state index in [1.165, 1.54) is 12.1 Å². The van der Waals surface area contributed by atoms with Gasteiger partial charge in [-0.05, 0) is 104 Å². The quantitative estimate of drug-likeness (QED) is 0.263. The number of amides is 1. The van der Waals surface area contributed by atoms with Crippen molar-refractivity contribution in [2.75, 3.05) is 16.6 Å². The Morgan fingerprint density at radius 2 is 1.57 bits per heavy atom. The Morgan fingerprint density at radius 1 is 0.914 bits per heavy atom. The largest absolute Gasteiger partial charge is 0.494 e. The first-order chi connectivity index (χ1) is 16.7. The standard InChI is InChI=1S/C26H29N3O4S2/c1-4-5-16-33-23-12-7-20(8-13-23)25(30)28-26(34)27-21-10-14-24(15-11-21)35(31,32)29-22-9-6-18(2)19(3)17-22/h6-15,17,29H,4-5,16H2,1-3H3,(H2,27,28,30,34). The number of aryl methyl sites for hydroxylation is 2. The van der Waals surface area contributed by atoms with Gasteiger partial charge < -0.3 is 10.1 Å². The number of hydrogen-bond acceptors (Lipinski definition) is 5. The number of carbonyl (C=O) groups is 1. The van der Waals surface area contributed by atoms with Crippen LogP contribution in [-0.2, 0) is 10.0 Å². The molecule has 0 spiro atoms. The van der Waals surface area contributed by atoms with E-state index >= 15 is 0 Å². The summed E-state index contributed by atoms with van der Waals surface area (Å²) in [6.07, 6.45) is 2.02. The number of sulfonamides is 1. The topological polar surface area (TPSA) is 96.5 Å². The van der Waals surface area contributed by atoms with Gasteiger partial charge in [-0.25, -0.2) is 8.42 Å². The molecule has 3 aromatic carbocycles. The second-order valence-corrected chi connectivity index (χ2v) is 10.2. The molecule has 1 amide bonds. The zero-order valence-electron chi connectivity index (χ0n) is 19.9. The molecular weight excluding hydrogens is 482 g/mol. The van der Waals surface area contributed by atoms with E-state index in [1.54, 1.807) is 48.5 Å². The third-order valence-corrected chi connectivity index (χ3v) is 6.89. The molecule has 0 atom stereocenters. The van der Waals surface area contributed by atoms with Crippen molar-refractivity contribution >= 4 is 44.6 Å². The van der Waals surface area contributed by atoms with E-state index in [2.05, 4.69) is 22.3 Å². The Hall–Kier alpha value is -3.43. The number of hydrogen-bond donors (Lipinski definition) is 3. The number of thiocarbonyl (C=S) groups is 1. The monoisotopic (exact) mass is 511 g/mol. The minimum atomic E-state index is -3.75. The highest BCUT2D eigenvalue weighted by atomic mass is 32.2. The molecule has 0 fully saturated rings. The zero-order chi connectivity index (χ0) is 25.4. The maximum absolute atomic E-state index is 12.7. The molecule has 0 aliphatic heterocycles. The highest BCUT2D eigenvalue weighted by Gasteiger charge is 2.15. The summed E-state index contributed by atoms with van der Waals surface area (Å²) in [5, 5.41) is 5.60. The van der Waals surface area contributed by atoms with Crippen LogP contribution in [0.2, 0.25) is 0 Å². The molecule has 0 heterocycles. The van der Waals surface area contributed by atoms with Crippen molar-refractivity contribution in [1.82, 2.24) is 5.32 Å². The molecule has 0 aliphatic carbocycles. The zero-order valence-corrected chi connectivity index (χ0v) is 21.6. The normalized spacial score (nSPS) is 10.9. The van der Waals surface area contributed by atoms with Crippen molar-refractivity contribution in [3.05, 3.63) is 83.4 Å². The maximum Gasteiger partial charge on any atom is 0.261 e. The smallest absolute Gasteiger partial charge is 0.261 e. The van der Waals surface area contributed by atoms with Crippen LogP contribution < -0.4 is 20.1 Å². The fourth-order valence-corrected chi connectivity index (χ4v) is 4.37. The number of unbranched alkanes of at least 4 members (excludes halogenated alkanes) is 1. The van der Waals surface area contributed by atoms with Crippen LogP contribution in [0.3, 0.4) is 0 Å². The predicted octanol–water partition coefficient (Wildman–Crippen LogP) is 5.41. The van der Waals surface area contributed by atoms with Crippen molar-refractivity contribution in [3.8, 4) is 5.75 Å². The number of nitrogens with one attached hydrogen (secondary N) is 3. The Bertz CT molecular complexity index is 1290. The first-order valence-electron chi connectivity index (χ1n) is 11.2. The lowest BCUT2D eigenvalue weighted by atomic mass is 10.1. The fraction of sp³-hybridized carbons (Fsp3) is 0.231. The molecule has 0 bridgehead atoms. The molecule has 3 N–H and O–H groups in total. The van der Waals surface area contributed by atoms with Crippen molar-refractivity contribution < 1.29 is 17.9 Å². The van der Waals surface area contributed by atoms with Crippen LogP contribution in [-0.4, -0.2) is 26.0 Å². The number of rotatable bonds is 9. The van der Waals surface area contributed by atoms with Gasteiger partial charge >= 0.3 is 0 Å². The first-order valence-corrected chi connectivity index (χ1v) is 13.1. The predicted molar refractivity (Wildman–Crippen MR) is 144 cm³/mol. The van der Waals surface area contributed by atoms with E-state index < -0.39 is 10.0 Å². The van der Waals surface area contributed by atoms with Gasteiger partial charge in [-0.3, -0.25) is 14.8 Å². The third-order valence-electron chi connectivity index (χ3n) is 5.29. The van der Waals surface area contributed by atoms with E-state index in [1.807, 2.05) is 19.9 Å². The average molecular weight is 512 g/mol. The lowest BCUT2D eigenvalue weighted by molar-refractivity contribution is 0.0977. The van der Waals surface area contributed by atoms with Gasteiger partial charge in [0.25, 0.3) is 15.9 Å². The van der Waals surface area contributed by atoms with Crippen LogP contribution in [0.4, 0.5) is 11.4 Å². The molecule has 7 nitrogen and oxygen atoms in total. The van der Waals surface area contributed by atoms with Crippen LogP contribution in [0.5, 0.6) is 5.75 Å². The third kappa shape index (κ3) is 7.53. The maximum atomic E-state index is 12.7. The second kappa shape index (κ2) is 11.8. The second-order valence-electron chi connectivity index (χ2n) is 8.06. The molecule has 0 unspecified atom stereocenters.